The molecule has 1 heteroatoms. The van der Waals surface area contributed by atoms with Gasteiger partial charge in [0.1, 0.15) is 0 Å². The van der Waals surface area contributed by atoms with Gasteiger partial charge in [-0.05, 0) is 13.3 Å². The van der Waals surface area contributed by atoms with Crippen molar-refractivity contribution in [2.45, 2.75) is 65.9 Å². The smallest absolute Gasteiger partial charge is 0.0509 e. The van der Waals surface area contributed by atoms with Gasteiger partial charge in [0.15, 0.2) is 0 Å². The van der Waals surface area contributed by atoms with Crippen LogP contribution in [0.25, 0.3) is 0 Å². The van der Waals surface area contributed by atoms with Gasteiger partial charge >= 0.3 is 0 Å². The number of aliphatic hydroxyl groups is 1. The summed E-state index contributed by atoms with van der Waals surface area (Å²) in [4.78, 5) is 0. The first-order chi connectivity index (χ1) is 5.18. The van der Waals surface area contributed by atoms with Crippen LogP contribution in [0.1, 0.15) is 59.8 Å². The van der Waals surface area contributed by atoms with Crippen LogP contribution in [0, 0.1) is 0 Å². The summed E-state index contributed by atoms with van der Waals surface area (Å²) in [5, 5.41) is 8.36. The Bertz CT molecular complexity index is 46.8. The fourth-order valence-corrected chi connectivity index (χ4v) is 0.500. The quantitative estimate of drug-likeness (QED) is 0.625. The largest absolute Gasteiger partial charge is 0.393 e. The molecule has 1 unspecified atom stereocenters. The molecule has 0 aromatic carbocycles. The predicted molar refractivity (Wildman–Crippen MR) is 51.8 cm³/mol. The zero-order chi connectivity index (χ0) is 9.11. The third-order valence-corrected chi connectivity index (χ3v) is 1.55. The second-order valence-electron chi connectivity index (χ2n) is 2.96. The highest BCUT2D eigenvalue weighted by Gasteiger charge is 1.81. The molecule has 0 aliphatic rings. The van der Waals surface area contributed by atoms with E-state index in [0.29, 0.717) is 0 Å². The van der Waals surface area contributed by atoms with Crippen molar-refractivity contribution in [2.24, 2.45) is 0 Å². The minimum Gasteiger partial charge on any atom is -0.393 e. The average molecular weight is 160 g/mol. The molecule has 0 heterocycles. The Balaban J connectivity index is 0. The van der Waals surface area contributed by atoms with Gasteiger partial charge in [0.25, 0.3) is 0 Å². The Morgan fingerprint density at radius 2 is 1.27 bits per heavy atom. The van der Waals surface area contributed by atoms with Gasteiger partial charge in [-0.1, -0.05) is 46.5 Å². The molecular weight excluding hydrogens is 136 g/mol. The third kappa shape index (κ3) is 25.7. The molecule has 0 fully saturated rings. The van der Waals surface area contributed by atoms with E-state index in [4.69, 9.17) is 5.11 Å². The van der Waals surface area contributed by atoms with Crippen molar-refractivity contribution >= 4 is 0 Å². The van der Waals surface area contributed by atoms with Gasteiger partial charge in [-0.15, -0.1) is 0 Å². The number of aliphatic hydroxyl groups excluding tert-OH is 1. The van der Waals surface area contributed by atoms with Crippen LogP contribution in [0.3, 0.4) is 0 Å². The summed E-state index contributed by atoms with van der Waals surface area (Å²) in [7, 11) is 0. The van der Waals surface area contributed by atoms with Crippen LogP contribution in [0.2, 0.25) is 0 Å². The summed E-state index contributed by atoms with van der Waals surface area (Å²) in [5.41, 5.74) is 0. The Morgan fingerprint density at radius 3 is 1.36 bits per heavy atom. The van der Waals surface area contributed by atoms with E-state index in [9.17, 15) is 0 Å². The highest BCUT2D eigenvalue weighted by atomic mass is 16.3. The molecule has 0 amide bonds. The van der Waals surface area contributed by atoms with Crippen molar-refractivity contribution in [3.8, 4) is 0 Å². The highest BCUT2D eigenvalue weighted by molar-refractivity contribution is 4.34. The first-order valence-electron chi connectivity index (χ1n) is 4.87. The van der Waals surface area contributed by atoms with E-state index in [0.717, 1.165) is 6.42 Å². The molecule has 0 aromatic heterocycles. The fraction of sp³-hybridized carbons (Fsp3) is 1.00. The standard InChI is InChI=1S/C6H14.C4H10O/c1-3-5-6-4-2;1-3-4(2)5/h3-6H2,1-2H3;4-5H,3H2,1-2H3. The lowest BCUT2D eigenvalue weighted by molar-refractivity contribution is 0.191. The van der Waals surface area contributed by atoms with E-state index in [1.165, 1.54) is 25.7 Å². The summed E-state index contributed by atoms with van der Waals surface area (Å²) in [6.07, 6.45) is 6.28. The molecule has 1 atom stereocenters. The van der Waals surface area contributed by atoms with Crippen molar-refractivity contribution < 1.29 is 5.11 Å². The Hall–Kier alpha value is -0.0400. The van der Waals surface area contributed by atoms with E-state index in [-0.39, 0.29) is 6.10 Å². The molecule has 11 heavy (non-hydrogen) atoms. The highest BCUT2D eigenvalue weighted by Crippen LogP contribution is 1.95. The second kappa shape index (κ2) is 12.6. The molecule has 1 N–H and O–H groups in total. The molecule has 0 spiro atoms. The third-order valence-electron chi connectivity index (χ3n) is 1.55. The molecule has 0 saturated heterocycles. The van der Waals surface area contributed by atoms with E-state index in [2.05, 4.69) is 13.8 Å². The summed E-state index contributed by atoms with van der Waals surface area (Å²) >= 11 is 0. The molecular formula is C10H24O. The van der Waals surface area contributed by atoms with Crippen LogP contribution in [0.15, 0.2) is 0 Å². The molecule has 70 valence electrons. The van der Waals surface area contributed by atoms with Gasteiger partial charge in [-0.2, -0.15) is 0 Å². The van der Waals surface area contributed by atoms with Crippen LogP contribution in [0.4, 0.5) is 0 Å². The zero-order valence-electron chi connectivity index (χ0n) is 8.56. The molecule has 0 aliphatic carbocycles. The summed E-state index contributed by atoms with van der Waals surface area (Å²) in [5.74, 6) is 0. The zero-order valence-corrected chi connectivity index (χ0v) is 8.56. The van der Waals surface area contributed by atoms with Crippen molar-refractivity contribution in [1.82, 2.24) is 0 Å². The molecule has 0 aromatic rings. The summed E-state index contributed by atoms with van der Waals surface area (Å²) < 4.78 is 0. The van der Waals surface area contributed by atoms with Crippen molar-refractivity contribution in [3.63, 3.8) is 0 Å². The number of hydrogen-bond donors (Lipinski definition) is 1. The van der Waals surface area contributed by atoms with Gasteiger partial charge in [0.2, 0.25) is 0 Å². The topological polar surface area (TPSA) is 20.2 Å². The molecule has 0 aliphatic heterocycles. The number of hydrogen-bond acceptors (Lipinski definition) is 1. The molecule has 1 nitrogen and oxygen atoms in total. The maximum Gasteiger partial charge on any atom is 0.0509 e. The first kappa shape index (κ1) is 13.5. The van der Waals surface area contributed by atoms with Crippen molar-refractivity contribution in [3.05, 3.63) is 0 Å². The van der Waals surface area contributed by atoms with E-state index < -0.39 is 0 Å². The van der Waals surface area contributed by atoms with Gasteiger partial charge in [0, 0.05) is 0 Å². The predicted octanol–water partition coefficient (Wildman–Crippen LogP) is 3.36. The average Bonchev–Trinajstić information content (AvgIpc) is 2.02. The Kier molecular flexibility index (Phi) is 15.5. The maximum absolute atomic E-state index is 8.36. The maximum atomic E-state index is 8.36. The minimum absolute atomic E-state index is 0.116. The molecule has 0 radical (unpaired) electrons. The van der Waals surface area contributed by atoms with Gasteiger partial charge in [0.05, 0.1) is 6.10 Å². The second-order valence-corrected chi connectivity index (χ2v) is 2.96. The monoisotopic (exact) mass is 160 g/mol. The van der Waals surface area contributed by atoms with Crippen LogP contribution in [0.5, 0.6) is 0 Å². The van der Waals surface area contributed by atoms with Crippen LogP contribution in [-0.4, -0.2) is 11.2 Å². The summed E-state index contributed by atoms with van der Waals surface area (Å²) in [6, 6.07) is 0. The fourth-order valence-electron chi connectivity index (χ4n) is 0.500. The lowest BCUT2D eigenvalue weighted by atomic mass is 10.2. The lowest BCUT2D eigenvalue weighted by Crippen LogP contribution is -1.93. The number of rotatable bonds is 4. The van der Waals surface area contributed by atoms with E-state index in [1.54, 1.807) is 6.92 Å². The SMILES string of the molecule is CCC(C)O.CCCCCC. The first-order valence-corrected chi connectivity index (χ1v) is 4.87. The Labute approximate surface area is 71.8 Å². The number of unbranched alkanes of at least 4 members (excludes halogenated alkanes) is 3. The normalized spacial score (nSPS) is 11.7. The van der Waals surface area contributed by atoms with Crippen LogP contribution in [-0.2, 0) is 0 Å². The van der Waals surface area contributed by atoms with Gasteiger partial charge < -0.3 is 5.11 Å². The van der Waals surface area contributed by atoms with Crippen LogP contribution >= 0.6 is 0 Å². The minimum atomic E-state index is -0.116. The van der Waals surface area contributed by atoms with E-state index >= 15 is 0 Å². The molecule has 0 bridgehead atoms. The lowest BCUT2D eigenvalue weighted by Gasteiger charge is -1.90. The van der Waals surface area contributed by atoms with Gasteiger partial charge in [-0.25, -0.2) is 0 Å². The van der Waals surface area contributed by atoms with E-state index in [1.807, 2.05) is 6.92 Å². The summed E-state index contributed by atoms with van der Waals surface area (Å²) in [6.45, 7) is 8.19. The van der Waals surface area contributed by atoms with Crippen molar-refractivity contribution in [1.29, 1.82) is 0 Å². The van der Waals surface area contributed by atoms with Gasteiger partial charge in [-0.3, -0.25) is 0 Å². The van der Waals surface area contributed by atoms with Crippen molar-refractivity contribution in [2.75, 3.05) is 0 Å². The molecule has 0 saturated carbocycles. The Morgan fingerprint density at radius 1 is 1.00 bits per heavy atom. The molecule has 0 rings (SSSR count). The van der Waals surface area contributed by atoms with Crippen LogP contribution < -0.4 is 0 Å².